The third-order valence-corrected chi connectivity index (χ3v) is 4.87. The molecule has 1 aromatic heterocycles. The first-order valence-corrected chi connectivity index (χ1v) is 9.11. The summed E-state index contributed by atoms with van der Waals surface area (Å²) in [6.45, 7) is 6.70. The summed E-state index contributed by atoms with van der Waals surface area (Å²) < 4.78 is 5.98. The number of nitrogens with one attached hydrogen (secondary N) is 1. The molecule has 0 spiro atoms. The van der Waals surface area contributed by atoms with Crippen LogP contribution in [-0.2, 0) is 11.2 Å². The van der Waals surface area contributed by atoms with Crippen LogP contribution in [-0.4, -0.2) is 23.5 Å². The standard InChI is InChI=1S/C21H26N2O2/c1-4-15(5-2)21(24)23-13-18-11-17-10-16(7-9-20(17)25-18)19-8-6-14(3)12-22-19/h6-10,12,15,18H,4-5,11,13H2,1-3H3,(H,23,24). The summed E-state index contributed by atoms with van der Waals surface area (Å²) in [5, 5.41) is 3.04. The lowest BCUT2D eigenvalue weighted by atomic mass is 10.0. The smallest absolute Gasteiger partial charge is 0.223 e. The summed E-state index contributed by atoms with van der Waals surface area (Å²) in [4.78, 5) is 16.6. The molecule has 2 heterocycles. The third-order valence-electron chi connectivity index (χ3n) is 4.87. The molecule has 0 bridgehead atoms. The number of pyridine rings is 1. The number of nitrogens with zero attached hydrogens (tertiary/aromatic N) is 1. The number of aryl methyl sites for hydroxylation is 1. The van der Waals surface area contributed by atoms with E-state index in [0.717, 1.165) is 41.8 Å². The fraction of sp³-hybridized carbons (Fsp3) is 0.429. The second kappa shape index (κ2) is 7.68. The van der Waals surface area contributed by atoms with Crippen LogP contribution in [0.1, 0.15) is 37.8 Å². The first kappa shape index (κ1) is 17.5. The first-order chi connectivity index (χ1) is 12.1. The van der Waals surface area contributed by atoms with Crippen LogP contribution < -0.4 is 10.1 Å². The predicted octanol–water partition coefficient (Wildman–Crippen LogP) is 3.91. The number of fused-ring (bicyclic) bond motifs is 1. The van der Waals surface area contributed by atoms with Gasteiger partial charge in [-0.1, -0.05) is 19.9 Å². The van der Waals surface area contributed by atoms with Gasteiger partial charge in [-0.2, -0.15) is 0 Å². The molecule has 0 fully saturated rings. The summed E-state index contributed by atoms with van der Waals surface area (Å²) in [5.41, 5.74) is 4.41. The molecular formula is C21H26N2O2. The molecule has 4 heteroatoms. The minimum atomic E-state index is 0.00883. The maximum absolute atomic E-state index is 12.1. The van der Waals surface area contributed by atoms with Crippen LogP contribution in [0, 0.1) is 12.8 Å². The van der Waals surface area contributed by atoms with E-state index in [1.165, 1.54) is 5.56 Å². The van der Waals surface area contributed by atoms with Crippen molar-refractivity contribution in [2.45, 2.75) is 46.1 Å². The second-order valence-corrected chi connectivity index (χ2v) is 6.75. The predicted molar refractivity (Wildman–Crippen MR) is 99.6 cm³/mol. The van der Waals surface area contributed by atoms with Gasteiger partial charge in [-0.05, 0) is 55.2 Å². The van der Waals surface area contributed by atoms with Crippen LogP contribution >= 0.6 is 0 Å². The lowest BCUT2D eigenvalue weighted by molar-refractivity contribution is -0.125. The van der Waals surface area contributed by atoms with E-state index in [0.29, 0.717) is 6.54 Å². The van der Waals surface area contributed by atoms with Crippen molar-refractivity contribution in [3.05, 3.63) is 47.7 Å². The van der Waals surface area contributed by atoms with E-state index in [1.807, 2.05) is 31.3 Å². The van der Waals surface area contributed by atoms with Gasteiger partial charge >= 0.3 is 0 Å². The maximum Gasteiger partial charge on any atom is 0.223 e. The van der Waals surface area contributed by atoms with Crippen molar-refractivity contribution in [2.75, 3.05) is 6.54 Å². The Labute approximate surface area is 149 Å². The summed E-state index contributed by atoms with van der Waals surface area (Å²) in [5.74, 6) is 1.15. The van der Waals surface area contributed by atoms with Gasteiger partial charge in [0.1, 0.15) is 11.9 Å². The van der Waals surface area contributed by atoms with Crippen molar-refractivity contribution < 1.29 is 9.53 Å². The molecule has 1 unspecified atom stereocenters. The lowest BCUT2D eigenvalue weighted by Gasteiger charge is -2.15. The molecule has 2 aromatic rings. The molecule has 1 aliphatic rings. The van der Waals surface area contributed by atoms with Crippen molar-refractivity contribution in [3.8, 4) is 17.0 Å². The van der Waals surface area contributed by atoms with Gasteiger partial charge in [0.05, 0.1) is 12.2 Å². The Balaban J connectivity index is 1.63. The molecule has 1 N–H and O–H groups in total. The van der Waals surface area contributed by atoms with Crippen molar-refractivity contribution in [1.29, 1.82) is 0 Å². The Morgan fingerprint density at radius 3 is 2.76 bits per heavy atom. The van der Waals surface area contributed by atoms with Crippen LogP contribution in [0.5, 0.6) is 5.75 Å². The van der Waals surface area contributed by atoms with E-state index < -0.39 is 0 Å². The SMILES string of the molecule is CCC(CC)C(=O)NCC1Cc2cc(-c3ccc(C)cn3)ccc2O1. The fourth-order valence-corrected chi connectivity index (χ4v) is 3.25. The third kappa shape index (κ3) is 4.01. The number of aromatic nitrogens is 1. The van der Waals surface area contributed by atoms with Crippen LogP contribution in [0.4, 0.5) is 0 Å². The molecular weight excluding hydrogens is 312 g/mol. The molecule has 3 rings (SSSR count). The Morgan fingerprint density at radius 1 is 1.28 bits per heavy atom. The highest BCUT2D eigenvalue weighted by Gasteiger charge is 2.24. The Kier molecular flexibility index (Phi) is 5.37. The molecule has 0 saturated carbocycles. The fourth-order valence-electron chi connectivity index (χ4n) is 3.25. The molecule has 1 aliphatic heterocycles. The van der Waals surface area contributed by atoms with Crippen LogP contribution in [0.2, 0.25) is 0 Å². The molecule has 1 aromatic carbocycles. The van der Waals surface area contributed by atoms with E-state index in [4.69, 9.17) is 4.74 Å². The van der Waals surface area contributed by atoms with Crippen molar-refractivity contribution in [2.24, 2.45) is 5.92 Å². The number of amides is 1. The number of rotatable bonds is 6. The average Bonchev–Trinajstić information content (AvgIpc) is 3.03. The van der Waals surface area contributed by atoms with Crippen LogP contribution in [0.15, 0.2) is 36.5 Å². The highest BCUT2D eigenvalue weighted by Crippen LogP contribution is 2.32. The van der Waals surface area contributed by atoms with E-state index in [1.54, 1.807) is 0 Å². The number of carbonyl (C=O) groups is 1. The van der Waals surface area contributed by atoms with Gasteiger partial charge in [0.25, 0.3) is 0 Å². The maximum atomic E-state index is 12.1. The average molecular weight is 338 g/mol. The van der Waals surface area contributed by atoms with Gasteiger partial charge in [0.2, 0.25) is 5.91 Å². The summed E-state index contributed by atoms with van der Waals surface area (Å²) in [7, 11) is 0. The number of benzene rings is 1. The molecule has 0 saturated heterocycles. The summed E-state index contributed by atoms with van der Waals surface area (Å²) in [6.07, 6.45) is 4.46. The zero-order valence-electron chi connectivity index (χ0n) is 15.2. The number of hydrogen-bond acceptors (Lipinski definition) is 3. The lowest BCUT2D eigenvalue weighted by Crippen LogP contribution is -2.37. The highest BCUT2D eigenvalue weighted by molar-refractivity contribution is 5.78. The second-order valence-electron chi connectivity index (χ2n) is 6.75. The van der Waals surface area contributed by atoms with E-state index in [-0.39, 0.29) is 17.9 Å². The molecule has 0 aliphatic carbocycles. The summed E-state index contributed by atoms with van der Waals surface area (Å²) >= 11 is 0. The normalized spacial score (nSPS) is 15.8. The van der Waals surface area contributed by atoms with Gasteiger partial charge in [-0.15, -0.1) is 0 Å². The van der Waals surface area contributed by atoms with Crippen molar-refractivity contribution >= 4 is 5.91 Å². The van der Waals surface area contributed by atoms with Gasteiger partial charge < -0.3 is 10.1 Å². The van der Waals surface area contributed by atoms with E-state index >= 15 is 0 Å². The quantitative estimate of drug-likeness (QED) is 0.869. The molecule has 132 valence electrons. The van der Waals surface area contributed by atoms with E-state index in [9.17, 15) is 4.79 Å². The summed E-state index contributed by atoms with van der Waals surface area (Å²) in [6, 6.07) is 10.3. The van der Waals surface area contributed by atoms with Crippen molar-refractivity contribution in [3.63, 3.8) is 0 Å². The first-order valence-electron chi connectivity index (χ1n) is 9.11. The number of carbonyl (C=O) groups excluding carboxylic acids is 1. The topological polar surface area (TPSA) is 51.2 Å². The van der Waals surface area contributed by atoms with Gasteiger partial charge in [0.15, 0.2) is 0 Å². The Morgan fingerprint density at radius 2 is 2.08 bits per heavy atom. The molecule has 0 radical (unpaired) electrons. The van der Waals surface area contributed by atoms with Crippen molar-refractivity contribution in [1.82, 2.24) is 10.3 Å². The molecule has 25 heavy (non-hydrogen) atoms. The van der Waals surface area contributed by atoms with Crippen LogP contribution in [0.25, 0.3) is 11.3 Å². The van der Waals surface area contributed by atoms with Gasteiger partial charge in [0, 0.05) is 24.1 Å². The largest absolute Gasteiger partial charge is 0.488 e. The minimum Gasteiger partial charge on any atom is -0.488 e. The zero-order valence-corrected chi connectivity index (χ0v) is 15.2. The molecule has 1 atom stereocenters. The molecule has 1 amide bonds. The Bertz CT molecular complexity index is 736. The zero-order chi connectivity index (χ0) is 17.8. The number of hydrogen-bond donors (Lipinski definition) is 1. The number of ether oxygens (including phenoxy) is 1. The molecule has 4 nitrogen and oxygen atoms in total. The monoisotopic (exact) mass is 338 g/mol. The Hall–Kier alpha value is -2.36. The van der Waals surface area contributed by atoms with E-state index in [2.05, 4.69) is 36.3 Å². The highest BCUT2D eigenvalue weighted by atomic mass is 16.5. The van der Waals surface area contributed by atoms with Crippen LogP contribution in [0.3, 0.4) is 0 Å². The van der Waals surface area contributed by atoms with Gasteiger partial charge in [-0.25, -0.2) is 0 Å². The van der Waals surface area contributed by atoms with Gasteiger partial charge in [-0.3, -0.25) is 9.78 Å². The minimum absolute atomic E-state index is 0.00883.